The molecule has 2 fully saturated rings. The third-order valence-corrected chi connectivity index (χ3v) is 4.00. The highest BCUT2D eigenvalue weighted by Crippen LogP contribution is 2.30. The highest BCUT2D eigenvalue weighted by Gasteiger charge is 2.27. The molecule has 2 unspecified atom stereocenters. The zero-order chi connectivity index (χ0) is 13.0. The van der Waals surface area contributed by atoms with Crippen molar-refractivity contribution in [2.75, 3.05) is 32.7 Å². The number of hydrogen-bond acceptors (Lipinski definition) is 4. The summed E-state index contributed by atoms with van der Waals surface area (Å²) >= 11 is 0. The van der Waals surface area contributed by atoms with E-state index in [9.17, 15) is 4.79 Å². The number of rotatable bonds is 3. The predicted molar refractivity (Wildman–Crippen MR) is 71.4 cm³/mol. The zero-order valence-corrected chi connectivity index (χ0v) is 11.7. The summed E-state index contributed by atoms with van der Waals surface area (Å²) in [5.74, 6) is 1.33. The third-order valence-electron chi connectivity index (χ3n) is 4.00. The SMILES string of the molecule is CC1CC(C)CC(OC(=O)CN2CCNCC2)C1. The Balaban J connectivity index is 1.72. The minimum atomic E-state index is -0.0387. The number of piperazine rings is 1. The largest absolute Gasteiger partial charge is 0.461 e. The Labute approximate surface area is 110 Å². The zero-order valence-electron chi connectivity index (χ0n) is 11.7. The molecule has 2 rings (SSSR count). The molecule has 1 saturated carbocycles. The number of hydrogen-bond donors (Lipinski definition) is 1. The molecule has 0 spiro atoms. The molecule has 2 aliphatic rings. The average molecular weight is 254 g/mol. The predicted octanol–water partition coefficient (Wildman–Crippen LogP) is 1.26. The highest BCUT2D eigenvalue weighted by atomic mass is 16.5. The van der Waals surface area contributed by atoms with Gasteiger partial charge >= 0.3 is 5.97 Å². The van der Waals surface area contributed by atoms with Crippen molar-refractivity contribution < 1.29 is 9.53 Å². The highest BCUT2D eigenvalue weighted by molar-refractivity contribution is 5.71. The van der Waals surface area contributed by atoms with Crippen molar-refractivity contribution in [1.82, 2.24) is 10.2 Å². The first-order chi connectivity index (χ1) is 8.63. The smallest absolute Gasteiger partial charge is 0.320 e. The first kappa shape index (κ1) is 13.8. The van der Waals surface area contributed by atoms with E-state index in [0.29, 0.717) is 18.4 Å². The van der Waals surface area contributed by atoms with Gasteiger partial charge < -0.3 is 10.1 Å². The van der Waals surface area contributed by atoms with Gasteiger partial charge in [0, 0.05) is 26.2 Å². The van der Waals surface area contributed by atoms with Gasteiger partial charge in [-0.15, -0.1) is 0 Å². The van der Waals surface area contributed by atoms with E-state index >= 15 is 0 Å². The van der Waals surface area contributed by atoms with Gasteiger partial charge in [0.1, 0.15) is 6.10 Å². The summed E-state index contributed by atoms with van der Waals surface area (Å²) in [6.45, 7) is 8.83. The molecule has 0 amide bonds. The Morgan fingerprint density at radius 1 is 1.17 bits per heavy atom. The number of nitrogens with zero attached hydrogens (tertiary/aromatic N) is 1. The van der Waals surface area contributed by atoms with Crippen LogP contribution in [0.4, 0.5) is 0 Å². The fraction of sp³-hybridized carbons (Fsp3) is 0.929. The van der Waals surface area contributed by atoms with Crippen LogP contribution in [-0.4, -0.2) is 49.7 Å². The monoisotopic (exact) mass is 254 g/mol. The van der Waals surface area contributed by atoms with Gasteiger partial charge in [0.25, 0.3) is 0 Å². The van der Waals surface area contributed by atoms with E-state index in [-0.39, 0.29) is 12.1 Å². The Hall–Kier alpha value is -0.610. The van der Waals surface area contributed by atoms with Gasteiger partial charge in [0.2, 0.25) is 0 Å². The van der Waals surface area contributed by atoms with E-state index in [1.165, 1.54) is 6.42 Å². The molecular weight excluding hydrogens is 228 g/mol. The lowest BCUT2D eigenvalue weighted by Gasteiger charge is -2.32. The molecule has 4 heteroatoms. The summed E-state index contributed by atoms with van der Waals surface area (Å²) in [5, 5.41) is 3.29. The normalized spacial score (nSPS) is 34.2. The van der Waals surface area contributed by atoms with E-state index in [1.807, 2.05) is 0 Å². The average Bonchev–Trinajstić information content (AvgIpc) is 2.28. The maximum atomic E-state index is 11.9. The van der Waals surface area contributed by atoms with Gasteiger partial charge in [0.15, 0.2) is 0 Å². The van der Waals surface area contributed by atoms with Crippen LogP contribution < -0.4 is 5.32 Å². The third kappa shape index (κ3) is 4.25. The molecule has 104 valence electrons. The van der Waals surface area contributed by atoms with Gasteiger partial charge in [-0.3, -0.25) is 9.69 Å². The van der Waals surface area contributed by atoms with E-state index in [4.69, 9.17) is 4.74 Å². The molecule has 1 aliphatic heterocycles. The summed E-state index contributed by atoms with van der Waals surface area (Å²) in [5.41, 5.74) is 0. The maximum absolute atomic E-state index is 11.9. The van der Waals surface area contributed by atoms with Gasteiger partial charge in [-0.05, 0) is 31.1 Å². The molecule has 18 heavy (non-hydrogen) atoms. The van der Waals surface area contributed by atoms with Crippen molar-refractivity contribution in [2.24, 2.45) is 11.8 Å². The topological polar surface area (TPSA) is 41.6 Å². The van der Waals surface area contributed by atoms with Crippen LogP contribution in [-0.2, 0) is 9.53 Å². The fourth-order valence-corrected chi connectivity index (χ4v) is 3.24. The second-order valence-electron chi connectivity index (χ2n) is 6.06. The van der Waals surface area contributed by atoms with Crippen molar-refractivity contribution in [3.8, 4) is 0 Å². The summed E-state index contributed by atoms with van der Waals surface area (Å²) < 4.78 is 5.63. The molecule has 1 heterocycles. The second-order valence-corrected chi connectivity index (χ2v) is 6.06. The minimum Gasteiger partial charge on any atom is -0.461 e. The van der Waals surface area contributed by atoms with Crippen LogP contribution in [0.3, 0.4) is 0 Å². The fourth-order valence-electron chi connectivity index (χ4n) is 3.24. The summed E-state index contributed by atoms with van der Waals surface area (Å²) in [6, 6.07) is 0. The van der Waals surface area contributed by atoms with Crippen LogP contribution in [0.1, 0.15) is 33.1 Å². The van der Waals surface area contributed by atoms with E-state index in [0.717, 1.165) is 39.0 Å². The maximum Gasteiger partial charge on any atom is 0.320 e. The van der Waals surface area contributed by atoms with Crippen LogP contribution in [0, 0.1) is 11.8 Å². The first-order valence-corrected chi connectivity index (χ1v) is 7.26. The molecule has 4 nitrogen and oxygen atoms in total. The van der Waals surface area contributed by atoms with Gasteiger partial charge in [-0.1, -0.05) is 13.8 Å². The molecule has 0 aromatic carbocycles. The number of nitrogens with one attached hydrogen (secondary N) is 1. The Morgan fingerprint density at radius 2 is 1.78 bits per heavy atom. The standard InChI is InChI=1S/C14H26N2O2/c1-11-7-12(2)9-13(8-11)18-14(17)10-16-5-3-15-4-6-16/h11-13,15H,3-10H2,1-2H3. The molecule has 0 aromatic heterocycles. The Bertz CT molecular complexity index is 267. The lowest BCUT2D eigenvalue weighted by molar-refractivity contribution is -0.153. The van der Waals surface area contributed by atoms with Gasteiger partial charge in [-0.2, -0.15) is 0 Å². The van der Waals surface area contributed by atoms with E-state index in [2.05, 4.69) is 24.1 Å². The van der Waals surface area contributed by atoms with Crippen molar-refractivity contribution in [3.05, 3.63) is 0 Å². The van der Waals surface area contributed by atoms with Crippen LogP contribution in [0.25, 0.3) is 0 Å². The molecule has 0 radical (unpaired) electrons. The molecular formula is C14H26N2O2. The molecule has 2 atom stereocenters. The second kappa shape index (κ2) is 6.53. The van der Waals surface area contributed by atoms with Gasteiger partial charge in [0.05, 0.1) is 6.54 Å². The summed E-state index contributed by atoms with van der Waals surface area (Å²) in [6.07, 6.45) is 3.50. The van der Waals surface area contributed by atoms with Crippen molar-refractivity contribution in [1.29, 1.82) is 0 Å². The summed E-state index contributed by atoms with van der Waals surface area (Å²) in [4.78, 5) is 14.1. The number of esters is 1. The number of carbonyl (C=O) groups is 1. The van der Waals surface area contributed by atoms with Crippen LogP contribution in [0.15, 0.2) is 0 Å². The number of ether oxygens (including phenoxy) is 1. The lowest BCUT2D eigenvalue weighted by atomic mass is 9.82. The Morgan fingerprint density at radius 3 is 2.39 bits per heavy atom. The van der Waals surface area contributed by atoms with Crippen molar-refractivity contribution >= 4 is 5.97 Å². The van der Waals surface area contributed by atoms with E-state index in [1.54, 1.807) is 0 Å². The van der Waals surface area contributed by atoms with Crippen LogP contribution in [0.5, 0.6) is 0 Å². The molecule has 0 aromatic rings. The molecule has 0 bridgehead atoms. The molecule has 1 aliphatic carbocycles. The van der Waals surface area contributed by atoms with Crippen molar-refractivity contribution in [2.45, 2.75) is 39.2 Å². The van der Waals surface area contributed by atoms with Crippen LogP contribution in [0.2, 0.25) is 0 Å². The van der Waals surface area contributed by atoms with Crippen LogP contribution >= 0.6 is 0 Å². The summed E-state index contributed by atoms with van der Waals surface area (Å²) in [7, 11) is 0. The van der Waals surface area contributed by atoms with E-state index < -0.39 is 0 Å². The molecule has 1 N–H and O–H groups in total. The van der Waals surface area contributed by atoms with Crippen molar-refractivity contribution in [3.63, 3.8) is 0 Å². The molecule has 1 saturated heterocycles. The first-order valence-electron chi connectivity index (χ1n) is 7.26. The lowest BCUT2D eigenvalue weighted by Crippen LogP contribution is -2.46. The minimum absolute atomic E-state index is 0.0387. The van der Waals surface area contributed by atoms with Gasteiger partial charge in [-0.25, -0.2) is 0 Å². The quantitative estimate of drug-likeness (QED) is 0.770. The Kier molecular flexibility index (Phi) is 5.01. The number of carbonyl (C=O) groups excluding carboxylic acids is 1.